The van der Waals surface area contributed by atoms with Gasteiger partial charge in [0.15, 0.2) is 17.2 Å². The van der Waals surface area contributed by atoms with Crippen LogP contribution in [0.25, 0.3) is 0 Å². The lowest BCUT2D eigenvalue weighted by Gasteiger charge is -2.11. The van der Waals surface area contributed by atoms with E-state index in [9.17, 15) is 4.79 Å². The molecule has 0 aromatic carbocycles. The van der Waals surface area contributed by atoms with Crippen molar-refractivity contribution < 1.29 is 19.4 Å². The zero-order valence-corrected chi connectivity index (χ0v) is 8.27. The van der Waals surface area contributed by atoms with Crippen molar-refractivity contribution in [3.05, 3.63) is 18.0 Å². The Balaban J connectivity index is 2.38. The van der Waals surface area contributed by atoms with Gasteiger partial charge >= 0.3 is 5.97 Å². The van der Waals surface area contributed by atoms with Gasteiger partial charge in [0.1, 0.15) is 0 Å². The number of aromatic carboxylic acids is 1. The molecule has 0 atom stereocenters. The third kappa shape index (κ3) is 2.01. The number of ether oxygens (including phenoxy) is 2. The van der Waals surface area contributed by atoms with E-state index in [1.54, 1.807) is 6.07 Å². The Morgan fingerprint density at radius 2 is 2.33 bits per heavy atom. The van der Waals surface area contributed by atoms with Gasteiger partial charge in [-0.25, -0.2) is 9.78 Å². The van der Waals surface area contributed by atoms with Crippen LogP contribution in [0.2, 0.25) is 0 Å². The van der Waals surface area contributed by atoms with Gasteiger partial charge < -0.3 is 14.6 Å². The average Bonchev–Trinajstić information content (AvgIpc) is 3.01. The first-order valence-corrected chi connectivity index (χ1v) is 4.65. The monoisotopic (exact) mass is 209 g/mol. The molecule has 1 aliphatic carbocycles. The van der Waals surface area contributed by atoms with Gasteiger partial charge in [0.25, 0.3) is 0 Å². The van der Waals surface area contributed by atoms with E-state index >= 15 is 0 Å². The minimum absolute atomic E-state index is 0.0961. The van der Waals surface area contributed by atoms with Crippen LogP contribution < -0.4 is 9.47 Å². The number of aromatic nitrogens is 1. The Hall–Kier alpha value is -1.78. The van der Waals surface area contributed by atoms with E-state index in [-0.39, 0.29) is 17.5 Å². The Morgan fingerprint density at radius 1 is 1.60 bits per heavy atom. The second-order valence-corrected chi connectivity index (χ2v) is 3.31. The molecule has 1 heterocycles. The molecule has 1 aliphatic rings. The molecule has 1 aromatic rings. The smallest absolute Gasteiger partial charge is 0.358 e. The number of methoxy groups -OCH3 is 1. The molecular formula is C10H11NO4. The van der Waals surface area contributed by atoms with Gasteiger partial charge in [-0.3, -0.25) is 0 Å². The van der Waals surface area contributed by atoms with Gasteiger partial charge in [-0.05, 0) is 12.8 Å². The summed E-state index contributed by atoms with van der Waals surface area (Å²) in [6, 6.07) is 1.59. The van der Waals surface area contributed by atoms with Gasteiger partial charge in [-0.2, -0.15) is 0 Å². The maximum Gasteiger partial charge on any atom is 0.358 e. The second-order valence-electron chi connectivity index (χ2n) is 3.31. The van der Waals surface area contributed by atoms with Crippen molar-refractivity contribution in [2.75, 3.05) is 7.11 Å². The van der Waals surface area contributed by atoms with E-state index in [2.05, 4.69) is 4.98 Å². The first-order chi connectivity index (χ1) is 7.22. The molecule has 5 heteroatoms. The lowest BCUT2D eigenvalue weighted by Crippen LogP contribution is -2.08. The van der Waals surface area contributed by atoms with Gasteiger partial charge in [0, 0.05) is 12.3 Å². The number of hydrogen-bond acceptors (Lipinski definition) is 4. The fourth-order valence-electron chi connectivity index (χ4n) is 1.21. The topological polar surface area (TPSA) is 68.7 Å². The predicted molar refractivity (Wildman–Crippen MR) is 51.4 cm³/mol. The highest BCUT2D eigenvalue weighted by Crippen LogP contribution is 2.35. The van der Waals surface area contributed by atoms with Crippen LogP contribution in [-0.2, 0) is 0 Å². The average molecular weight is 209 g/mol. The molecule has 1 N–H and O–H groups in total. The SMILES string of the molecule is COc1ccnc(C(=O)O)c1OC1CC1. The van der Waals surface area contributed by atoms with Crippen molar-refractivity contribution in [1.29, 1.82) is 0 Å². The lowest BCUT2D eigenvalue weighted by atomic mass is 10.3. The third-order valence-electron chi connectivity index (χ3n) is 2.10. The second kappa shape index (κ2) is 3.76. The van der Waals surface area contributed by atoms with Crippen LogP contribution in [0.4, 0.5) is 0 Å². The maximum absolute atomic E-state index is 10.9. The molecule has 1 aromatic heterocycles. The number of pyridine rings is 1. The zero-order chi connectivity index (χ0) is 10.8. The number of carbonyl (C=O) groups is 1. The molecule has 5 nitrogen and oxygen atoms in total. The number of nitrogens with zero attached hydrogens (tertiary/aromatic N) is 1. The fraction of sp³-hybridized carbons (Fsp3) is 0.400. The van der Waals surface area contributed by atoms with Crippen LogP contribution in [0.3, 0.4) is 0 Å². The van der Waals surface area contributed by atoms with Crippen LogP contribution in [0.5, 0.6) is 11.5 Å². The van der Waals surface area contributed by atoms with E-state index in [0.717, 1.165) is 12.8 Å². The van der Waals surface area contributed by atoms with Crippen molar-refractivity contribution in [3.63, 3.8) is 0 Å². The lowest BCUT2D eigenvalue weighted by molar-refractivity contribution is 0.0684. The Bertz CT molecular complexity index is 387. The van der Waals surface area contributed by atoms with Crippen LogP contribution in [0.1, 0.15) is 23.3 Å². The molecule has 0 unspecified atom stereocenters. The number of carboxylic acids is 1. The van der Waals surface area contributed by atoms with Crippen molar-refractivity contribution in [2.45, 2.75) is 18.9 Å². The summed E-state index contributed by atoms with van der Waals surface area (Å²) < 4.78 is 10.5. The summed E-state index contributed by atoms with van der Waals surface area (Å²) in [7, 11) is 1.47. The minimum Gasteiger partial charge on any atom is -0.493 e. The van der Waals surface area contributed by atoms with Gasteiger partial charge in [-0.1, -0.05) is 0 Å². The van der Waals surface area contributed by atoms with Crippen LogP contribution in [-0.4, -0.2) is 29.3 Å². The Labute approximate surface area is 86.7 Å². The first kappa shape index (κ1) is 9.76. The maximum atomic E-state index is 10.9. The van der Waals surface area contributed by atoms with Gasteiger partial charge in [0.2, 0.25) is 0 Å². The van der Waals surface area contributed by atoms with E-state index in [0.29, 0.717) is 5.75 Å². The first-order valence-electron chi connectivity index (χ1n) is 4.65. The van der Waals surface area contributed by atoms with E-state index in [1.165, 1.54) is 13.3 Å². The molecule has 80 valence electrons. The van der Waals surface area contributed by atoms with Gasteiger partial charge in [-0.15, -0.1) is 0 Å². The van der Waals surface area contributed by atoms with Crippen LogP contribution in [0, 0.1) is 0 Å². The molecule has 0 amide bonds. The molecule has 0 aliphatic heterocycles. The summed E-state index contributed by atoms with van der Waals surface area (Å²) in [6.45, 7) is 0. The molecule has 15 heavy (non-hydrogen) atoms. The normalized spacial score (nSPS) is 14.7. The number of carboxylic acid groups (broad SMARTS) is 1. The largest absolute Gasteiger partial charge is 0.493 e. The molecule has 1 fully saturated rings. The highest BCUT2D eigenvalue weighted by atomic mass is 16.5. The molecule has 2 rings (SSSR count). The van der Waals surface area contributed by atoms with Crippen molar-refractivity contribution in [3.8, 4) is 11.5 Å². The summed E-state index contributed by atoms with van der Waals surface area (Å²) in [5.74, 6) is -0.464. The van der Waals surface area contributed by atoms with Crippen LogP contribution >= 0.6 is 0 Å². The predicted octanol–water partition coefficient (Wildman–Crippen LogP) is 1.33. The summed E-state index contributed by atoms with van der Waals surface area (Å²) in [5, 5.41) is 8.92. The molecule has 0 spiro atoms. The highest BCUT2D eigenvalue weighted by Gasteiger charge is 2.28. The van der Waals surface area contributed by atoms with Crippen molar-refractivity contribution in [2.24, 2.45) is 0 Å². The van der Waals surface area contributed by atoms with Gasteiger partial charge in [0.05, 0.1) is 13.2 Å². The quantitative estimate of drug-likeness (QED) is 0.810. The molecule has 1 saturated carbocycles. The number of rotatable bonds is 4. The molecule has 0 radical (unpaired) electrons. The van der Waals surface area contributed by atoms with Crippen LogP contribution in [0.15, 0.2) is 12.3 Å². The number of hydrogen-bond donors (Lipinski definition) is 1. The summed E-state index contributed by atoms with van der Waals surface area (Å²) >= 11 is 0. The standard InChI is InChI=1S/C10H11NO4/c1-14-7-4-5-11-8(10(12)13)9(7)15-6-2-3-6/h4-6H,2-3H2,1H3,(H,12,13). The van der Waals surface area contributed by atoms with E-state index in [4.69, 9.17) is 14.6 Å². The minimum atomic E-state index is -1.11. The Morgan fingerprint density at radius 3 is 2.87 bits per heavy atom. The van der Waals surface area contributed by atoms with Crippen molar-refractivity contribution in [1.82, 2.24) is 4.98 Å². The molecule has 0 bridgehead atoms. The molecule has 0 saturated heterocycles. The van der Waals surface area contributed by atoms with E-state index in [1.807, 2.05) is 0 Å². The van der Waals surface area contributed by atoms with E-state index < -0.39 is 5.97 Å². The summed E-state index contributed by atoms with van der Waals surface area (Å²) in [6.07, 6.45) is 3.41. The summed E-state index contributed by atoms with van der Waals surface area (Å²) in [4.78, 5) is 14.7. The van der Waals surface area contributed by atoms with Crippen molar-refractivity contribution >= 4 is 5.97 Å². The Kier molecular flexibility index (Phi) is 2.45. The summed E-state index contributed by atoms with van der Waals surface area (Å²) in [5.41, 5.74) is -0.0961. The fourth-order valence-corrected chi connectivity index (χ4v) is 1.21. The third-order valence-corrected chi connectivity index (χ3v) is 2.10. The highest BCUT2D eigenvalue weighted by molar-refractivity contribution is 5.89. The zero-order valence-electron chi connectivity index (χ0n) is 8.27. The molecular weight excluding hydrogens is 198 g/mol.